The van der Waals surface area contributed by atoms with Crippen molar-refractivity contribution >= 4 is 11.8 Å². The number of primary amides is 1. The monoisotopic (exact) mass is 353 g/mol. The van der Waals surface area contributed by atoms with Gasteiger partial charge < -0.3 is 10.6 Å². The van der Waals surface area contributed by atoms with Gasteiger partial charge in [-0.25, -0.2) is 9.97 Å². The molecule has 136 valence electrons. The van der Waals surface area contributed by atoms with Crippen LogP contribution in [0.5, 0.6) is 0 Å². The van der Waals surface area contributed by atoms with Crippen LogP contribution in [0.2, 0.25) is 0 Å². The fraction of sp³-hybridized carbons (Fsp3) is 0.368. The molecule has 2 N–H and O–H groups in total. The molecule has 2 amide bonds. The number of amides is 2. The number of hydrogen-bond donors (Lipinski definition) is 1. The number of benzene rings is 1. The van der Waals surface area contributed by atoms with Crippen LogP contribution in [0.25, 0.3) is 0 Å². The summed E-state index contributed by atoms with van der Waals surface area (Å²) in [7, 11) is 0. The number of carbonyl (C=O) groups excluding carboxylic acids is 2. The maximum Gasteiger partial charge on any atom is 0.258 e. The smallest absolute Gasteiger partial charge is 0.258 e. The standard InChI is InChI=1S/C19H23N5O2/c1-14-16(11-21-13-22-14)19(26)24-10-9-23(12-17(24)18(20)25)8-7-15-5-3-2-4-6-15/h2-6,11,13,17H,7-10,12H2,1H3,(H2,20,25). The fourth-order valence-electron chi connectivity index (χ4n) is 3.22. The Bertz CT molecular complexity index is 781. The van der Waals surface area contributed by atoms with E-state index in [9.17, 15) is 9.59 Å². The molecule has 3 rings (SSSR count). The van der Waals surface area contributed by atoms with Crippen LogP contribution < -0.4 is 5.73 Å². The van der Waals surface area contributed by atoms with Gasteiger partial charge in [0.1, 0.15) is 12.4 Å². The van der Waals surface area contributed by atoms with Crippen LogP contribution in [0.1, 0.15) is 21.6 Å². The lowest BCUT2D eigenvalue weighted by atomic mass is 10.1. The molecule has 0 saturated carbocycles. The number of aryl methyl sites for hydroxylation is 1. The molecule has 1 atom stereocenters. The summed E-state index contributed by atoms with van der Waals surface area (Å²) in [5.74, 6) is -0.730. The molecule has 1 aromatic carbocycles. The second-order valence-electron chi connectivity index (χ2n) is 6.47. The third kappa shape index (κ3) is 4.05. The Kier molecular flexibility index (Phi) is 5.58. The molecule has 2 aromatic rings. The predicted octanol–water partition coefficient (Wildman–Crippen LogP) is 0.639. The first-order valence-electron chi connectivity index (χ1n) is 8.69. The van der Waals surface area contributed by atoms with E-state index in [0.29, 0.717) is 30.9 Å². The van der Waals surface area contributed by atoms with Crippen LogP contribution >= 0.6 is 0 Å². The van der Waals surface area contributed by atoms with Crippen molar-refractivity contribution in [2.24, 2.45) is 5.73 Å². The third-order valence-corrected chi connectivity index (χ3v) is 4.76. The molecule has 0 aliphatic carbocycles. The zero-order chi connectivity index (χ0) is 18.5. The van der Waals surface area contributed by atoms with Crippen molar-refractivity contribution in [3.05, 3.63) is 59.7 Å². The normalized spacial score (nSPS) is 17.9. The SMILES string of the molecule is Cc1ncncc1C(=O)N1CCN(CCc2ccccc2)CC1C(N)=O. The van der Waals surface area contributed by atoms with Gasteiger partial charge in [-0.1, -0.05) is 30.3 Å². The summed E-state index contributed by atoms with van der Waals surface area (Å²) < 4.78 is 0. The van der Waals surface area contributed by atoms with Crippen LogP contribution in [0, 0.1) is 6.92 Å². The zero-order valence-corrected chi connectivity index (χ0v) is 14.8. The predicted molar refractivity (Wildman–Crippen MR) is 97.4 cm³/mol. The lowest BCUT2D eigenvalue weighted by Gasteiger charge is -2.40. The topological polar surface area (TPSA) is 92.4 Å². The number of carbonyl (C=O) groups is 2. The molecule has 0 bridgehead atoms. The molecule has 1 saturated heterocycles. The number of rotatable bonds is 5. The minimum atomic E-state index is -0.647. The van der Waals surface area contributed by atoms with Crippen molar-refractivity contribution in [2.75, 3.05) is 26.2 Å². The van der Waals surface area contributed by atoms with E-state index in [1.807, 2.05) is 18.2 Å². The van der Waals surface area contributed by atoms with E-state index in [4.69, 9.17) is 5.73 Å². The van der Waals surface area contributed by atoms with Gasteiger partial charge in [-0.2, -0.15) is 0 Å². The van der Waals surface area contributed by atoms with E-state index < -0.39 is 11.9 Å². The minimum Gasteiger partial charge on any atom is -0.368 e. The Hall–Kier alpha value is -2.80. The van der Waals surface area contributed by atoms with Gasteiger partial charge in [-0.05, 0) is 18.9 Å². The van der Waals surface area contributed by atoms with Crippen LogP contribution in [0.15, 0.2) is 42.9 Å². The molecule has 0 spiro atoms. The van der Waals surface area contributed by atoms with Gasteiger partial charge in [0.25, 0.3) is 5.91 Å². The maximum atomic E-state index is 12.8. The summed E-state index contributed by atoms with van der Waals surface area (Å²) in [6.07, 6.45) is 3.79. The number of nitrogens with two attached hydrogens (primary N) is 1. The first kappa shape index (κ1) is 18.0. The highest BCUT2D eigenvalue weighted by Gasteiger charge is 2.35. The summed E-state index contributed by atoms with van der Waals surface area (Å²) in [4.78, 5) is 36.5. The van der Waals surface area contributed by atoms with Crippen LogP contribution in [0.3, 0.4) is 0 Å². The molecule has 1 aliphatic heterocycles. The summed E-state index contributed by atoms with van der Waals surface area (Å²) >= 11 is 0. The maximum absolute atomic E-state index is 12.8. The van der Waals surface area contributed by atoms with E-state index in [1.54, 1.807) is 11.8 Å². The molecule has 26 heavy (non-hydrogen) atoms. The molecule has 2 heterocycles. The van der Waals surface area contributed by atoms with E-state index in [0.717, 1.165) is 13.0 Å². The Morgan fingerprint density at radius 1 is 1.23 bits per heavy atom. The van der Waals surface area contributed by atoms with Crippen molar-refractivity contribution in [1.29, 1.82) is 0 Å². The van der Waals surface area contributed by atoms with Crippen LogP contribution in [0.4, 0.5) is 0 Å². The molecular formula is C19H23N5O2. The summed E-state index contributed by atoms with van der Waals surface area (Å²) in [6.45, 7) is 4.18. The average molecular weight is 353 g/mol. The summed E-state index contributed by atoms with van der Waals surface area (Å²) in [6, 6.07) is 9.55. The molecule has 0 radical (unpaired) electrons. The quantitative estimate of drug-likeness (QED) is 0.851. The summed E-state index contributed by atoms with van der Waals surface area (Å²) in [5.41, 5.74) is 7.85. The third-order valence-electron chi connectivity index (χ3n) is 4.76. The second-order valence-corrected chi connectivity index (χ2v) is 6.47. The van der Waals surface area contributed by atoms with Crippen molar-refractivity contribution in [2.45, 2.75) is 19.4 Å². The largest absolute Gasteiger partial charge is 0.368 e. The van der Waals surface area contributed by atoms with Gasteiger partial charge in [0, 0.05) is 32.4 Å². The van der Waals surface area contributed by atoms with Gasteiger partial charge in [-0.15, -0.1) is 0 Å². The molecule has 7 heteroatoms. The number of hydrogen-bond acceptors (Lipinski definition) is 5. The lowest BCUT2D eigenvalue weighted by Crippen LogP contribution is -2.60. The molecule has 7 nitrogen and oxygen atoms in total. The Morgan fingerprint density at radius 2 is 2.00 bits per heavy atom. The van der Waals surface area contributed by atoms with E-state index >= 15 is 0 Å². The van der Waals surface area contributed by atoms with Crippen molar-refractivity contribution < 1.29 is 9.59 Å². The first-order valence-corrected chi connectivity index (χ1v) is 8.69. The Morgan fingerprint density at radius 3 is 2.69 bits per heavy atom. The highest BCUT2D eigenvalue weighted by molar-refractivity contribution is 5.98. The minimum absolute atomic E-state index is 0.241. The van der Waals surface area contributed by atoms with Gasteiger partial charge in [-0.3, -0.25) is 14.5 Å². The molecule has 1 aliphatic rings. The van der Waals surface area contributed by atoms with E-state index in [-0.39, 0.29) is 5.91 Å². The number of piperazine rings is 1. The number of aromatic nitrogens is 2. The van der Waals surface area contributed by atoms with Gasteiger partial charge in [0.15, 0.2) is 0 Å². The second kappa shape index (κ2) is 8.05. The van der Waals surface area contributed by atoms with E-state index in [1.165, 1.54) is 18.1 Å². The van der Waals surface area contributed by atoms with Gasteiger partial charge in [0.05, 0.1) is 11.3 Å². The Balaban J connectivity index is 1.67. The highest BCUT2D eigenvalue weighted by atomic mass is 16.2. The molecule has 1 unspecified atom stereocenters. The number of nitrogens with zero attached hydrogens (tertiary/aromatic N) is 4. The van der Waals surface area contributed by atoms with Gasteiger partial charge >= 0.3 is 0 Å². The molecule has 1 aromatic heterocycles. The van der Waals surface area contributed by atoms with Crippen molar-refractivity contribution in [3.63, 3.8) is 0 Å². The Labute approximate surface area is 152 Å². The van der Waals surface area contributed by atoms with Crippen molar-refractivity contribution in [3.8, 4) is 0 Å². The highest BCUT2D eigenvalue weighted by Crippen LogP contribution is 2.16. The molecular weight excluding hydrogens is 330 g/mol. The van der Waals surface area contributed by atoms with Crippen molar-refractivity contribution in [1.82, 2.24) is 19.8 Å². The van der Waals surface area contributed by atoms with Crippen LogP contribution in [-0.4, -0.2) is 63.8 Å². The van der Waals surface area contributed by atoms with E-state index in [2.05, 4.69) is 27.0 Å². The van der Waals surface area contributed by atoms with Crippen LogP contribution in [-0.2, 0) is 11.2 Å². The summed E-state index contributed by atoms with van der Waals surface area (Å²) in [5, 5.41) is 0. The zero-order valence-electron chi connectivity index (χ0n) is 14.8. The first-order chi connectivity index (χ1) is 12.6. The molecule has 1 fully saturated rings. The lowest BCUT2D eigenvalue weighted by molar-refractivity contribution is -0.124. The fourth-order valence-corrected chi connectivity index (χ4v) is 3.22. The van der Waals surface area contributed by atoms with Gasteiger partial charge in [0.2, 0.25) is 5.91 Å². The average Bonchev–Trinajstić information content (AvgIpc) is 2.67.